The van der Waals surface area contributed by atoms with Crippen LogP contribution in [0.5, 0.6) is 5.75 Å². The van der Waals surface area contributed by atoms with Gasteiger partial charge in [-0.25, -0.2) is 0 Å². The number of nitrogens with zero attached hydrogens (tertiary/aromatic N) is 3. The van der Waals surface area contributed by atoms with Crippen LogP contribution in [0.15, 0.2) is 29.3 Å². The molecule has 2 fully saturated rings. The molecule has 2 aliphatic rings. The van der Waals surface area contributed by atoms with E-state index in [0.29, 0.717) is 11.6 Å². The summed E-state index contributed by atoms with van der Waals surface area (Å²) in [6, 6.07) is 6.99. The fourth-order valence-corrected chi connectivity index (χ4v) is 4.14. The lowest BCUT2D eigenvalue weighted by molar-refractivity contribution is -0.274. The molecule has 1 aliphatic carbocycles. The predicted octanol–water partition coefficient (Wildman–Crippen LogP) is 4.05. The van der Waals surface area contributed by atoms with Crippen LogP contribution < -0.4 is 10.1 Å². The Bertz CT molecular complexity index is 697. The van der Waals surface area contributed by atoms with Crippen LogP contribution in [0.1, 0.15) is 38.2 Å². The van der Waals surface area contributed by atoms with Crippen molar-refractivity contribution < 1.29 is 17.9 Å². The molecule has 1 heterocycles. The Labute approximate surface area is 187 Å². The number of likely N-dealkylation sites (N-methyl/N-ethyl adjacent to an activating group) is 1. The monoisotopic (exact) mass is 526 g/mol. The first-order chi connectivity index (χ1) is 13.4. The minimum Gasteiger partial charge on any atom is -0.405 e. The highest BCUT2D eigenvalue weighted by molar-refractivity contribution is 14.0. The largest absolute Gasteiger partial charge is 0.573 e. The first-order valence-corrected chi connectivity index (χ1v) is 9.93. The van der Waals surface area contributed by atoms with E-state index in [-0.39, 0.29) is 41.7 Å². The summed E-state index contributed by atoms with van der Waals surface area (Å²) in [5.74, 6) is 0.718. The molecule has 0 bridgehead atoms. The molecule has 1 aliphatic heterocycles. The van der Waals surface area contributed by atoms with E-state index in [1.54, 1.807) is 25.2 Å². The molecule has 0 aromatic heterocycles. The molecule has 3 unspecified atom stereocenters. The number of nitrogens with one attached hydrogen (secondary N) is 1. The average molecular weight is 526 g/mol. The van der Waals surface area contributed by atoms with Crippen molar-refractivity contribution in [1.82, 2.24) is 15.1 Å². The number of hydrogen-bond acceptors (Lipinski definition) is 3. The Morgan fingerprint density at radius 1 is 1.28 bits per heavy atom. The van der Waals surface area contributed by atoms with E-state index >= 15 is 0 Å². The maximum absolute atomic E-state index is 12.7. The summed E-state index contributed by atoms with van der Waals surface area (Å²) in [6.07, 6.45) is -2.82. The number of para-hydroxylation sites is 1. The zero-order valence-electron chi connectivity index (χ0n) is 17.1. The number of guanidine groups is 1. The van der Waals surface area contributed by atoms with Gasteiger partial charge < -0.3 is 15.0 Å². The van der Waals surface area contributed by atoms with Crippen LogP contribution in [0.2, 0.25) is 0 Å². The molecule has 0 amide bonds. The molecule has 1 aromatic rings. The lowest BCUT2D eigenvalue weighted by Crippen LogP contribution is -2.44. The van der Waals surface area contributed by atoms with Crippen LogP contribution in [0.3, 0.4) is 0 Å². The molecule has 0 spiro atoms. The summed E-state index contributed by atoms with van der Waals surface area (Å²) in [5.41, 5.74) is 0.593. The number of halogens is 4. The summed E-state index contributed by atoms with van der Waals surface area (Å²) in [5, 5.41) is 3.44. The Balaban J connectivity index is 0.00000300. The Morgan fingerprint density at radius 2 is 1.97 bits per heavy atom. The highest BCUT2D eigenvalue weighted by Gasteiger charge is 2.43. The van der Waals surface area contributed by atoms with Gasteiger partial charge >= 0.3 is 6.36 Å². The molecule has 1 saturated heterocycles. The summed E-state index contributed by atoms with van der Waals surface area (Å²) < 4.78 is 42.2. The fourth-order valence-electron chi connectivity index (χ4n) is 4.14. The van der Waals surface area contributed by atoms with E-state index in [1.165, 1.54) is 6.07 Å². The summed E-state index contributed by atoms with van der Waals surface area (Å²) in [6.45, 7) is 8.27. The Hall–Kier alpha value is -1.23. The van der Waals surface area contributed by atoms with Gasteiger partial charge in [-0.15, -0.1) is 37.1 Å². The molecule has 5 nitrogen and oxygen atoms in total. The topological polar surface area (TPSA) is 40.1 Å². The third kappa shape index (κ3) is 6.13. The second-order valence-corrected chi connectivity index (χ2v) is 7.34. The number of rotatable bonds is 6. The third-order valence-electron chi connectivity index (χ3n) is 5.65. The standard InChI is InChI=1S/C20H29F3N4O.HI/c1-4-26(5-2)14-10-11-27(13-14)19(24-3)25-17-12-16(17)15-8-6-7-9-18(15)28-20(21,22)23;/h6-9,14,16-17H,4-5,10-13H2,1-3H3,(H,24,25);1H. The van der Waals surface area contributed by atoms with Crippen LogP contribution >= 0.6 is 24.0 Å². The predicted molar refractivity (Wildman–Crippen MR) is 119 cm³/mol. The molecule has 3 rings (SSSR count). The zero-order chi connectivity index (χ0) is 20.3. The lowest BCUT2D eigenvalue weighted by Gasteiger charge is -2.27. The number of aliphatic imine (C=N–C) groups is 1. The molecule has 1 aromatic carbocycles. The highest BCUT2D eigenvalue weighted by Crippen LogP contribution is 2.45. The van der Waals surface area contributed by atoms with E-state index in [0.717, 1.165) is 45.0 Å². The van der Waals surface area contributed by atoms with Crippen molar-refractivity contribution in [3.8, 4) is 5.75 Å². The maximum atomic E-state index is 12.7. The number of hydrogen-bond donors (Lipinski definition) is 1. The van der Waals surface area contributed by atoms with Crippen molar-refractivity contribution in [1.29, 1.82) is 0 Å². The molecule has 29 heavy (non-hydrogen) atoms. The van der Waals surface area contributed by atoms with Gasteiger partial charge in [-0.2, -0.15) is 0 Å². The number of alkyl halides is 3. The van der Waals surface area contributed by atoms with Crippen molar-refractivity contribution in [3.05, 3.63) is 29.8 Å². The molecule has 1 N–H and O–H groups in total. The number of benzene rings is 1. The second kappa shape index (κ2) is 10.2. The third-order valence-corrected chi connectivity index (χ3v) is 5.65. The SMILES string of the molecule is CCN(CC)C1CCN(C(=NC)NC2CC2c2ccccc2OC(F)(F)F)C1.I. The Kier molecular flexibility index (Phi) is 8.45. The van der Waals surface area contributed by atoms with Crippen molar-refractivity contribution in [3.63, 3.8) is 0 Å². The van der Waals surface area contributed by atoms with Crippen LogP contribution in [0, 0.1) is 0 Å². The average Bonchev–Trinajstić information content (AvgIpc) is 3.25. The fraction of sp³-hybridized carbons (Fsp3) is 0.650. The molecular weight excluding hydrogens is 496 g/mol. The summed E-state index contributed by atoms with van der Waals surface area (Å²) >= 11 is 0. The molecule has 0 radical (unpaired) electrons. The van der Waals surface area contributed by atoms with Crippen LogP contribution in [-0.2, 0) is 0 Å². The van der Waals surface area contributed by atoms with Crippen LogP contribution in [0.25, 0.3) is 0 Å². The van der Waals surface area contributed by atoms with Crippen LogP contribution in [0.4, 0.5) is 13.2 Å². The van der Waals surface area contributed by atoms with Gasteiger partial charge in [0.1, 0.15) is 5.75 Å². The number of likely N-dealkylation sites (tertiary alicyclic amines) is 1. The maximum Gasteiger partial charge on any atom is 0.573 e. The zero-order valence-corrected chi connectivity index (χ0v) is 19.4. The van der Waals surface area contributed by atoms with Gasteiger partial charge in [0.2, 0.25) is 0 Å². The summed E-state index contributed by atoms with van der Waals surface area (Å²) in [7, 11) is 1.76. The van der Waals surface area contributed by atoms with E-state index < -0.39 is 6.36 Å². The van der Waals surface area contributed by atoms with Gasteiger partial charge in [-0.1, -0.05) is 32.0 Å². The molecule has 9 heteroatoms. The molecule has 3 atom stereocenters. The molecular formula is C20H30F3IN4O. The van der Waals surface area contributed by atoms with Crippen molar-refractivity contribution in [2.45, 2.75) is 51.1 Å². The minimum absolute atomic E-state index is 0. The summed E-state index contributed by atoms with van der Waals surface area (Å²) in [4.78, 5) is 9.11. The van der Waals surface area contributed by atoms with Crippen molar-refractivity contribution in [2.24, 2.45) is 4.99 Å². The van der Waals surface area contributed by atoms with Gasteiger partial charge in [0.15, 0.2) is 5.96 Å². The smallest absolute Gasteiger partial charge is 0.405 e. The highest BCUT2D eigenvalue weighted by atomic mass is 127. The van der Waals surface area contributed by atoms with Gasteiger partial charge in [-0.05, 0) is 37.6 Å². The van der Waals surface area contributed by atoms with Gasteiger partial charge in [0.05, 0.1) is 0 Å². The van der Waals surface area contributed by atoms with Crippen molar-refractivity contribution in [2.75, 3.05) is 33.2 Å². The quantitative estimate of drug-likeness (QED) is 0.345. The molecule has 164 valence electrons. The van der Waals surface area contributed by atoms with Crippen molar-refractivity contribution >= 4 is 29.9 Å². The van der Waals surface area contributed by atoms with Gasteiger partial charge in [0.25, 0.3) is 0 Å². The second-order valence-electron chi connectivity index (χ2n) is 7.34. The lowest BCUT2D eigenvalue weighted by atomic mass is 10.1. The first-order valence-electron chi connectivity index (χ1n) is 9.93. The van der Waals surface area contributed by atoms with Gasteiger partial charge in [0, 0.05) is 38.1 Å². The normalized spacial score (nSPS) is 24.4. The number of ether oxygens (including phenoxy) is 1. The van der Waals surface area contributed by atoms with E-state index in [4.69, 9.17) is 0 Å². The molecule has 1 saturated carbocycles. The van der Waals surface area contributed by atoms with E-state index in [9.17, 15) is 13.2 Å². The van der Waals surface area contributed by atoms with E-state index in [2.05, 4.69) is 38.7 Å². The minimum atomic E-state index is -4.68. The van der Waals surface area contributed by atoms with Crippen LogP contribution in [-0.4, -0.2) is 67.4 Å². The van der Waals surface area contributed by atoms with E-state index in [1.807, 2.05) is 0 Å². The van der Waals surface area contributed by atoms with Gasteiger partial charge in [-0.3, -0.25) is 9.89 Å². The Morgan fingerprint density at radius 3 is 2.59 bits per heavy atom. The first kappa shape index (κ1) is 24.0.